The second kappa shape index (κ2) is 8.82. The van der Waals surface area contributed by atoms with Crippen molar-refractivity contribution < 1.29 is 23.1 Å². The maximum atomic E-state index is 13.3. The van der Waals surface area contributed by atoms with E-state index in [0.29, 0.717) is 31.7 Å². The summed E-state index contributed by atoms with van der Waals surface area (Å²) in [5.41, 5.74) is 6.71. The monoisotopic (exact) mass is 435 g/mol. The molecule has 1 aromatic carbocycles. The van der Waals surface area contributed by atoms with Crippen LogP contribution in [0.15, 0.2) is 24.3 Å². The summed E-state index contributed by atoms with van der Waals surface area (Å²) in [6.45, 7) is -0.237. The van der Waals surface area contributed by atoms with Crippen molar-refractivity contribution in [2.75, 3.05) is 31.6 Å². The summed E-state index contributed by atoms with van der Waals surface area (Å²) in [6, 6.07) is 6.61. The van der Waals surface area contributed by atoms with Gasteiger partial charge in [-0.2, -0.15) is 0 Å². The number of rotatable bonds is 5. The van der Waals surface area contributed by atoms with Crippen molar-refractivity contribution in [3.63, 3.8) is 0 Å². The average Bonchev–Trinajstić information content (AvgIpc) is 2.78. The quantitative estimate of drug-likeness (QED) is 0.745. The lowest BCUT2D eigenvalue weighted by atomic mass is 9.72. The Morgan fingerprint density at radius 2 is 1.68 bits per heavy atom. The lowest BCUT2D eigenvalue weighted by molar-refractivity contribution is -0.174. The van der Waals surface area contributed by atoms with Crippen molar-refractivity contribution in [1.82, 2.24) is 4.90 Å². The molecule has 2 saturated heterocycles. The molecule has 0 spiro atoms. The molecule has 2 aliphatic heterocycles. The molecule has 6 nitrogen and oxygen atoms in total. The van der Waals surface area contributed by atoms with Crippen LogP contribution in [0.4, 0.5) is 14.5 Å². The summed E-state index contributed by atoms with van der Waals surface area (Å²) >= 11 is 0. The van der Waals surface area contributed by atoms with Crippen molar-refractivity contribution in [1.29, 1.82) is 0 Å². The highest BCUT2D eigenvalue weighted by Gasteiger charge is 2.52. The van der Waals surface area contributed by atoms with E-state index in [-0.39, 0.29) is 17.7 Å². The van der Waals surface area contributed by atoms with Crippen LogP contribution in [0.3, 0.4) is 0 Å². The standard InChI is InChI=1S/C23H31F2N3O3/c24-23(25)14-28(15-23)21(30)22(10-12-31-13-11-22)17-6-8-18(9-7-17)27-20(29)19(26)16-4-2-1-3-5-16/h6-9,16,19H,1-5,10-15,26H2,(H,27,29)/t19-/m0/s1. The van der Waals surface area contributed by atoms with Crippen LogP contribution in [0, 0.1) is 5.92 Å². The van der Waals surface area contributed by atoms with Gasteiger partial charge in [0.1, 0.15) is 0 Å². The molecule has 170 valence electrons. The van der Waals surface area contributed by atoms with Crippen molar-refractivity contribution >= 4 is 17.5 Å². The normalized spacial score (nSPS) is 24.2. The second-order valence-electron chi connectivity index (χ2n) is 9.20. The van der Waals surface area contributed by atoms with E-state index >= 15 is 0 Å². The third-order valence-corrected chi connectivity index (χ3v) is 7.05. The van der Waals surface area contributed by atoms with Gasteiger partial charge in [-0.3, -0.25) is 9.59 Å². The Bertz CT molecular complexity index is 795. The maximum Gasteiger partial charge on any atom is 0.282 e. The number of ether oxygens (including phenoxy) is 1. The first-order valence-electron chi connectivity index (χ1n) is 11.2. The third-order valence-electron chi connectivity index (χ3n) is 7.05. The number of hydrogen-bond acceptors (Lipinski definition) is 4. The Morgan fingerprint density at radius 3 is 2.26 bits per heavy atom. The van der Waals surface area contributed by atoms with Crippen LogP contribution in [-0.2, 0) is 19.7 Å². The fourth-order valence-electron chi connectivity index (χ4n) is 5.11. The molecule has 1 saturated carbocycles. The molecule has 8 heteroatoms. The third kappa shape index (κ3) is 4.60. The van der Waals surface area contributed by atoms with E-state index in [1.54, 1.807) is 12.1 Å². The van der Waals surface area contributed by atoms with Gasteiger partial charge in [-0.05, 0) is 49.3 Å². The Hall–Kier alpha value is -2.06. The minimum absolute atomic E-state index is 0.195. The van der Waals surface area contributed by atoms with Crippen LogP contribution in [0.5, 0.6) is 0 Å². The van der Waals surface area contributed by atoms with Gasteiger partial charge in [0.05, 0.1) is 24.5 Å². The molecule has 1 aromatic rings. The molecule has 0 radical (unpaired) electrons. The van der Waals surface area contributed by atoms with Crippen molar-refractivity contribution in [2.45, 2.75) is 62.3 Å². The molecule has 2 heterocycles. The number of nitrogens with one attached hydrogen (secondary N) is 1. The summed E-state index contributed by atoms with van der Waals surface area (Å²) in [5.74, 6) is -3.05. The van der Waals surface area contributed by atoms with E-state index < -0.39 is 30.5 Å². The molecule has 31 heavy (non-hydrogen) atoms. The number of nitrogens with two attached hydrogens (primary N) is 1. The number of carbonyl (C=O) groups is 2. The van der Waals surface area contributed by atoms with Crippen molar-refractivity contribution in [3.8, 4) is 0 Å². The van der Waals surface area contributed by atoms with Gasteiger partial charge in [0.25, 0.3) is 5.92 Å². The zero-order chi connectivity index (χ0) is 22.1. The van der Waals surface area contributed by atoms with Crippen LogP contribution < -0.4 is 11.1 Å². The highest BCUT2D eigenvalue weighted by Crippen LogP contribution is 2.40. The molecule has 0 bridgehead atoms. The molecular weight excluding hydrogens is 404 g/mol. The number of anilines is 1. The van der Waals surface area contributed by atoms with E-state index in [4.69, 9.17) is 10.5 Å². The smallest absolute Gasteiger partial charge is 0.282 e. The predicted octanol–water partition coefficient (Wildman–Crippen LogP) is 3.06. The first kappa shape index (κ1) is 22.1. The number of alkyl halides is 2. The summed E-state index contributed by atoms with van der Waals surface area (Å²) in [5, 5.41) is 2.88. The van der Waals surface area contributed by atoms with E-state index in [1.807, 2.05) is 12.1 Å². The molecule has 2 amide bonds. The first-order chi connectivity index (χ1) is 14.8. The Labute approximate surface area is 181 Å². The molecule has 3 aliphatic rings. The number of carbonyl (C=O) groups excluding carboxylic acids is 2. The molecule has 0 unspecified atom stereocenters. The molecule has 3 N–H and O–H groups in total. The van der Waals surface area contributed by atoms with Crippen molar-refractivity contribution in [3.05, 3.63) is 29.8 Å². The lowest BCUT2D eigenvalue weighted by Gasteiger charge is -2.46. The van der Waals surface area contributed by atoms with Gasteiger partial charge >= 0.3 is 0 Å². The van der Waals surface area contributed by atoms with Gasteiger partial charge in [0.15, 0.2) is 0 Å². The molecule has 0 aromatic heterocycles. The Kier molecular flexibility index (Phi) is 6.30. The van der Waals surface area contributed by atoms with Gasteiger partial charge in [-0.25, -0.2) is 8.78 Å². The number of nitrogens with zero attached hydrogens (tertiary/aromatic N) is 1. The molecule has 1 aliphatic carbocycles. The second-order valence-corrected chi connectivity index (χ2v) is 9.20. The van der Waals surface area contributed by atoms with Gasteiger partial charge in [0.2, 0.25) is 11.8 Å². The van der Waals surface area contributed by atoms with Gasteiger partial charge < -0.3 is 20.7 Å². The summed E-state index contributed by atoms with van der Waals surface area (Å²) < 4.78 is 32.1. The van der Waals surface area contributed by atoms with E-state index in [1.165, 1.54) is 11.3 Å². The zero-order valence-corrected chi connectivity index (χ0v) is 17.7. The van der Waals surface area contributed by atoms with Gasteiger partial charge in [-0.1, -0.05) is 31.4 Å². The molecule has 3 fully saturated rings. The van der Waals surface area contributed by atoms with Crippen LogP contribution >= 0.6 is 0 Å². The zero-order valence-electron chi connectivity index (χ0n) is 17.7. The fraction of sp³-hybridized carbons (Fsp3) is 0.652. The topological polar surface area (TPSA) is 84.7 Å². The predicted molar refractivity (Wildman–Crippen MR) is 113 cm³/mol. The van der Waals surface area contributed by atoms with E-state index in [0.717, 1.165) is 31.2 Å². The Balaban J connectivity index is 1.46. The molecular formula is C23H31F2N3O3. The minimum atomic E-state index is -2.80. The fourth-order valence-corrected chi connectivity index (χ4v) is 5.11. The largest absolute Gasteiger partial charge is 0.381 e. The SMILES string of the molecule is N[C@H](C(=O)Nc1ccc(C2(C(=O)N3CC(F)(F)C3)CCOCC2)cc1)C1CCCCC1. The molecule has 4 rings (SSSR count). The lowest BCUT2D eigenvalue weighted by Crippen LogP contribution is -2.63. The minimum Gasteiger partial charge on any atom is -0.381 e. The van der Waals surface area contributed by atoms with Crippen LogP contribution in [-0.4, -0.2) is 55.0 Å². The number of amides is 2. The number of hydrogen-bond donors (Lipinski definition) is 2. The first-order valence-corrected chi connectivity index (χ1v) is 11.2. The van der Waals surface area contributed by atoms with E-state index in [9.17, 15) is 18.4 Å². The number of benzene rings is 1. The maximum absolute atomic E-state index is 13.3. The van der Waals surface area contributed by atoms with Crippen LogP contribution in [0.25, 0.3) is 0 Å². The highest BCUT2D eigenvalue weighted by molar-refractivity contribution is 5.95. The summed E-state index contributed by atoms with van der Waals surface area (Å²) in [4.78, 5) is 27.0. The van der Waals surface area contributed by atoms with Crippen LogP contribution in [0.2, 0.25) is 0 Å². The molecule has 1 atom stereocenters. The van der Waals surface area contributed by atoms with Crippen LogP contribution in [0.1, 0.15) is 50.5 Å². The van der Waals surface area contributed by atoms with Gasteiger partial charge in [-0.15, -0.1) is 0 Å². The highest BCUT2D eigenvalue weighted by atomic mass is 19.3. The number of likely N-dealkylation sites (tertiary alicyclic amines) is 1. The summed E-state index contributed by atoms with van der Waals surface area (Å²) in [7, 11) is 0. The van der Waals surface area contributed by atoms with Crippen molar-refractivity contribution in [2.24, 2.45) is 11.7 Å². The van der Waals surface area contributed by atoms with E-state index in [2.05, 4.69) is 5.32 Å². The number of halogens is 2. The average molecular weight is 436 g/mol. The van der Waals surface area contributed by atoms with Gasteiger partial charge in [0, 0.05) is 18.9 Å². The Morgan fingerprint density at radius 1 is 1.06 bits per heavy atom. The summed E-state index contributed by atoms with van der Waals surface area (Å²) in [6.07, 6.45) is 6.29.